The van der Waals surface area contributed by atoms with Gasteiger partial charge in [-0.15, -0.1) is 0 Å². The van der Waals surface area contributed by atoms with E-state index in [1.54, 1.807) is 17.8 Å². The molecule has 2 aromatic rings. The van der Waals surface area contributed by atoms with Gasteiger partial charge in [-0.05, 0) is 17.7 Å². The fourth-order valence-corrected chi connectivity index (χ4v) is 2.95. The maximum absolute atomic E-state index is 12.1. The zero-order valence-corrected chi connectivity index (χ0v) is 15.0. The lowest BCUT2D eigenvalue weighted by Gasteiger charge is -2.14. The topological polar surface area (TPSA) is 81.6 Å². The molecule has 126 valence electrons. The van der Waals surface area contributed by atoms with Crippen molar-refractivity contribution in [2.45, 2.75) is 31.9 Å². The molecule has 5 nitrogen and oxygen atoms in total. The minimum absolute atomic E-state index is 0.0600. The summed E-state index contributed by atoms with van der Waals surface area (Å²) < 4.78 is 0. The van der Waals surface area contributed by atoms with Gasteiger partial charge in [0, 0.05) is 29.2 Å². The van der Waals surface area contributed by atoms with Gasteiger partial charge in [0.1, 0.15) is 5.69 Å². The number of aromatic amines is 1. The molecule has 1 aromatic carbocycles. The summed E-state index contributed by atoms with van der Waals surface area (Å²) in [5.41, 5.74) is 3.03. The Morgan fingerprint density at radius 3 is 2.79 bits per heavy atom. The minimum Gasteiger partial charge on any atom is -0.350 e. The third kappa shape index (κ3) is 4.87. The minimum atomic E-state index is -0.167. The largest absolute Gasteiger partial charge is 0.350 e. The molecule has 0 saturated heterocycles. The SMILES string of the molecule is CC(C)(C)c1cc(C(=O)NCCSCc2ccccc2C#N)n[nH]1. The van der Waals surface area contributed by atoms with Gasteiger partial charge in [-0.1, -0.05) is 39.0 Å². The Bertz CT molecular complexity index is 740. The molecule has 0 spiro atoms. The zero-order valence-electron chi connectivity index (χ0n) is 14.2. The lowest BCUT2D eigenvalue weighted by Crippen LogP contribution is -2.26. The molecule has 0 aliphatic heterocycles. The van der Waals surface area contributed by atoms with E-state index in [-0.39, 0.29) is 11.3 Å². The van der Waals surface area contributed by atoms with Gasteiger partial charge in [0.25, 0.3) is 5.91 Å². The van der Waals surface area contributed by atoms with Crippen LogP contribution in [0.2, 0.25) is 0 Å². The van der Waals surface area contributed by atoms with E-state index >= 15 is 0 Å². The van der Waals surface area contributed by atoms with E-state index in [9.17, 15) is 4.79 Å². The zero-order chi connectivity index (χ0) is 17.6. The molecule has 0 aliphatic rings. The highest BCUT2D eigenvalue weighted by Gasteiger charge is 2.19. The van der Waals surface area contributed by atoms with Gasteiger partial charge in [-0.3, -0.25) is 9.89 Å². The number of carbonyl (C=O) groups excluding carboxylic acids is 1. The molecule has 1 heterocycles. The number of hydrogen-bond donors (Lipinski definition) is 2. The van der Waals surface area contributed by atoms with E-state index < -0.39 is 0 Å². The summed E-state index contributed by atoms with van der Waals surface area (Å²) in [5, 5.41) is 18.9. The van der Waals surface area contributed by atoms with Gasteiger partial charge < -0.3 is 5.32 Å². The number of rotatable bonds is 6. The highest BCUT2D eigenvalue weighted by molar-refractivity contribution is 7.98. The fraction of sp³-hybridized carbons (Fsp3) is 0.389. The Balaban J connectivity index is 1.75. The first-order valence-electron chi connectivity index (χ1n) is 7.81. The van der Waals surface area contributed by atoms with Gasteiger partial charge in [0.05, 0.1) is 11.6 Å². The van der Waals surface area contributed by atoms with E-state index in [1.165, 1.54) is 0 Å². The molecule has 2 N–H and O–H groups in total. The maximum Gasteiger partial charge on any atom is 0.271 e. The number of aromatic nitrogens is 2. The first-order chi connectivity index (χ1) is 11.4. The van der Waals surface area contributed by atoms with Crippen molar-refractivity contribution < 1.29 is 4.79 Å². The van der Waals surface area contributed by atoms with Crippen LogP contribution in [0.3, 0.4) is 0 Å². The molecule has 2 rings (SSSR count). The number of nitrogens with one attached hydrogen (secondary N) is 2. The third-order valence-electron chi connectivity index (χ3n) is 3.55. The van der Waals surface area contributed by atoms with E-state index in [4.69, 9.17) is 5.26 Å². The monoisotopic (exact) mass is 342 g/mol. The van der Waals surface area contributed by atoms with Crippen LogP contribution in [0.5, 0.6) is 0 Å². The van der Waals surface area contributed by atoms with Crippen molar-refractivity contribution in [3.05, 3.63) is 52.8 Å². The molecule has 0 atom stereocenters. The van der Waals surface area contributed by atoms with Crippen molar-refractivity contribution in [1.82, 2.24) is 15.5 Å². The first kappa shape index (κ1) is 18.1. The summed E-state index contributed by atoms with van der Waals surface area (Å²) in [7, 11) is 0. The highest BCUT2D eigenvalue weighted by atomic mass is 32.2. The van der Waals surface area contributed by atoms with Crippen molar-refractivity contribution in [2.24, 2.45) is 0 Å². The second-order valence-electron chi connectivity index (χ2n) is 6.49. The number of amides is 1. The average molecular weight is 342 g/mol. The van der Waals surface area contributed by atoms with Gasteiger partial charge in [0.2, 0.25) is 0 Å². The van der Waals surface area contributed by atoms with Crippen LogP contribution in [0.1, 0.15) is 48.1 Å². The first-order valence-corrected chi connectivity index (χ1v) is 8.97. The van der Waals surface area contributed by atoms with Gasteiger partial charge >= 0.3 is 0 Å². The third-order valence-corrected chi connectivity index (χ3v) is 4.55. The summed E-state index contributed by atoms with van der Waals surface area (Å²) in [5.74, 6) is 1.37. The maximum atomic E-state index is 12.1. The van der Waals surface area contributed by atoms with E-state index in [0.717, 1.165) is 22.8 Å². The Labute approximate surface area is 146 Å². The second kappa shape index (κ2) is 8.02. The highest BCUT2D eigenvalue weighted by Crippen LogP contribution is 2.20. The number of nitrogens with zero attached hydrogens (tertiary/aromatic N) is 2. The number of carbonyl (C=O) groups is 1. The van der Waals surface area contributed by atoms with E-state index in [1.807, 2.05) is 24.3 Å². The van der Waals surface area contributed by atoms with Gasteiger partial charge in [-0.2, -0.15) is 22.1 Å². The molecule has 0 unspecified atom stereocenters. The predicted octanol–water partition coefficient (Wildman–Crippen LogP) is 3.24. The van der Waals surface area contributed by atoms with Gasteiger partial charge in [-0.25, -0.2) is 0 Å². The molecular weight excluding hydrogens is 320 g/mol. The number of H-pyrrole nitrogens is 1. The summed E-state index contributed by atoms with van der Waals surface area (Å²) in [6.07, 6.45) is 0. The standard InChI is InChI=1S/C18H22N4OS/c1-18(2,3)16-10-15(21-22-16)17(23)20-8-9-24-12-14-7-5-4-6-13(14)11-19/h4-7,10H,8-9,12H2,1-3H3,(H,20,23)(H,21,22). The fourth-order valence-electron chi connectivity index (χ4n) is 2.09. The van der Waals surface area contributed by atoms with Crippen molar-refractivity contribution in [2.75, 3.05) is 12.3 Å². The molecule has 24 heavy (non-hydrogen) atoms. The number of hydrogen-bond acceptors (Lipinski definition) is 4. The summed E-state index contributed by atoms with van der Waals surface area (Å²) in [6.45, 7) is 6.77. The molecule has 0 radical (unpaired) electrons. The van der Waals surface area contributed by atoms with Crippen LogP contribution >= 0.6 is 11.8 Å². The molecule has 0 saturated carbocycles. The summed E-state index contributed by atoms with van der Waals surface area (Å²) in [6, 6.07) is 11.6. The average Bonchev–Trinajstić information content (AvgIpc) is 3.05. The molecule has 0 bridgehead atoms. The molecule has 1 amide bonds. The predicted molar refractivity (Wildman–Crippen MR) is 96.9 cm³/mol. The Morgan fingerprint density at radius 1 is 1.38 bits per heavy atom. The molecular formula is C18H22N4OS. The van der Waals surface area contributed by atoms with Crippen LogP contribution < -0.4 is 5.32 Å². The molecule has 6 heteroatoms. The van der Waals surface area contributed by atoms with Gasteiger partial charge in [0.15, 0.2) is 0 Å². The number of benzene rings is 1. The quantitative estimate of drug-likeness (QED) is 0.790. The van der Waals surface area contributed by atoms with E-state index in [2.05, 4.69) is 42.4 Å². The van der Waals surface area contributed by atoms with Crippen LogP contribution in [-0.2, 0) is 11.2 Å². The Morgan fingerprint density at radius 2 is 2.12 bits per heavy atom. The lowest BCUT2D eigenvalue weighted by molar-refractivity contribution is 0.0951. The van der Waals surface area contributed by atoms with Crippen molar-refractivity contribution >= 4 is 17.7 Å². The van der Waals surface area contributed by atoms with Crippen LogP contribution in [-0.4, -0.2) is 28.4 Å². The normalized spacial score (nSPS) is 11.1. The van der Waals surface area contributed by atoms with Crippen molar-refractivity contribution in [3.63, 3.8) is 0 Å². The lowest BCUT2D eigenvalue weighted by atomic mass is 9.92. The van der Waals surface area contributed by atoms with Crippen LogP contribution in [0.15, 0.2) is 30.3 Å². The second-order valence-corrected chi connectivity index (χ2v) is 7.60. The Hall–Kier alpha value is -2.26. The van der Waals surface area contributed by atoms with E-state index in [0.29, 0.717) is 17.8 Å². The summed E-state index contributed by atoms with van der Waals surface area (Å²) >= 11 is 1.69. The van der Waals surface area contributed by atoms with Crippen molar-refractivity contribution in [1.29, 1.82) is 5.26 Å². The number of thioether (sulfide) groups is 1. The smallest absolute Gasteiger partial charge is 0.271 e. The van der Waals surface area contributed by atoms with Crippen LogP contribution in [0, 0.1) is 11.3 Å². The van der Waals surface area contributed by atoms with Crippen molar-refractivity contribution in [3.8, 4) is 6.07 Å². The summed E-state index contributed by atoms with van der Waals surface area (Å²) in [4.78, 5) is 12.1. The Kier molecular flexibility index (Phi) is 6.04. The number of nitriles is 1. The van der Waals surface area contributed by atoms with Crippen LogP contribution in [0.4, 0.5) is 0 Å². The molecule has 1 aromatic heterocycles. The molecule has 0 aliphatic carbocycles. The van der Waals surface area contributed by atoms with Crippen LogP contribution in [0.25, 0.3) is 0 Å². The molecule has 0 fully saturated rings.